The molecule has 0 aliphatic rings. The predicted octanol–water partition coefficient (Wildman–Crippen LogP) is 1.76. The van der Waals surface area contributed by atoms with Crippen LogP contribution in [0.25, 0.3) is 0 Å². The lowest BCUT2D eigenvalue weighted by Gasteiger charge is -2.16. The van der Waals surface area contributed by atoms with E-state index in [1.165, 1.54) is 13.0 Å². The Balaban J connectivity index is 2.27. The van der Waals surface area contributed by atoms with Gasteiger partial charge in [0.2, 0.25) is 5.91 Å². The lowest BCUT2D eigenvalue weighted by atomic mass is 9.90. The fourth-order valence-electron chi connectivity index (χ4n) is 2.54. The second kappa shape index (κ2) is 9.48. The van der Waals surface area contributed by atoms with E-state index < -0.39 is 17.8 Å². The third kappa shape index (κ3) is 5.53. The zero-order valence-corrected chi connectivity index (χ0v) is 14.5. The van der Waals surface area contributed by atoms with Crippen LogP contribution in [0, 0.1) is 5.92 Å². The molecule has 0 saturated carbocycles. The molecule has 2 aromatic rings. The highest BCUT2D eigenvalue weighted by atomic mass is 16.5. The number of aliphatic hydroxyl groups excluding tert-OH is 1. The molecule has 1 unspecified atom stereocenters. The van der Waals surface area contributed by atoms with Crippen LogP contribution in [0.2, 0.25) is 0 Å². The van der Waals surface area contributed by atoms with Crippen LogP contribution in [0.15, 0.2) is 54.6 Å². The number of carbonyl (C=O) groups excluding carboxylic acids is 3. The third-order valence-corrected chi connectivity index (χ3v) is 3.71. The Hall–Kier alpha value is -2.99. The van der Waals surface area contributed by atoms with E-state index in [4.69, 9.17) is 9.84 Å². The number of hydrogen-bond acceptors (Lipinski definition) is 5. The number of amides is 1. The Bertz CT molecular complexity index is 773. The number of aliphatic hydroxyl groups is 1. The van der Waals surface area contributed by atoms with Gasteiger partial charge in [-0.05, 0) is 24.1 Å². The summed E-state index contributed by atoms with van der Waals surface area (Å²) in [4.78, 5) is 36.5. The summed E-state index contributed by atoms with van der Waals surface area (Å²) in [5.41, 5.74) is 1.13. The van der Waals surface area contributed by atoms with Gasteiger partial charge in [-0.15, -0.1) is 0 Å². The predicted molar refractivity (Wildman–Crippen MR) is 95.8 cm³/mol. The van der Waals surface area contributed by atoms with Gasteiger partial charge < -0.3 is 15.2 Å². The number of benzene rings is 2. The molecule has 0 radical (unpaired) electrons. The first-order chi connectivity index (χ1) is 12.5. The smallest absolute Gasteiger partial charge is 0.308 e. The summed E-state index contributed by atoms with van der Waals surface area (Å²) < 4.78 is 5.00. The van der Waals surface area contributed by atoms with Gasteiger partial charge in [0.25, 0.3) is 0 Å². The monoisotopic (exact) mass is 355 g/mol. The molecule has 6 nitrogen and oxygen atoms in total. The highest BCUT2D eigenvalue weighted by molar-refractivity contribution is 6.10. The second-order valence-corrected chi connectivity index (χ2v) is 5.74. The number of carbonyl (C=O) groups is 3. The van der Waals surface area contributed by atoms with Gasteiger partial charge in [-0.2, -0.15) is 0 Å². The maximum absolute atomic E-state index is 12.9. The van der Waals surface area contributed by atoms with Gasteiger partial charge in [-0.1, -0.05) is 42.5 Å². The van der Waals surface area contributed by atoms with Crippen molar-refractivity contribution in [2.75, 3.05) is 13.2 Å². The zero-order valence-electron chi connectivity index (χ0n) is 14.5. The van der Waals surface area contributed by atoms with Gasteiger partial charge >= 0.3 is 5.97 Å². The Morgan fingerprint density at radius 1 is 1.08 bits per heavy atom. The maximum atomic E-state index is 12.9. The Labute approximate surface area is 151 Å². The summed E-state index contributed by atoms with van der Waals surface area (Å²) in [6, 6.07) is 15.4. The van der Waals surface area contributed by atoms with E-state index in [9.17, 15) is 14.4 Å². The Morgan fingerprint density at radius 2 is 1.81 bits per heavy atom. The fraction of sp³-hybridized carbons (Fsp3) is 0.250. The first kappa shape index (κ1) is 19.3. The van der Waals surface area contributed by atoms with Crippen molar-refractivity contribution in [2.45, 2.75) is 13.3 Å². The van der Waals surface area contributed by atoms with Crippen molar-refractivity contribution in [3.05, 3.63) is 65.7 Å². The number of esters is 1. The van der Waals surface area contributed by atoms with Crippen LogP contribution >= 0.6 is 0 Å². The summed E-state index contributed by atoms with van der Waals surface area (Å²) in [7, 11) is 0. The van der Waals surface area contributed by atoms with E-state index in [0.29, 0.717) is 0 Å². The van der Waals surface area contributed by atoms with Gasteiger partial charge in [-0.25, -0.2) is 0 Å². The normalized spacial score (nSPS) is 11.5. The average molecular weight is 355 g/mol. The molecule has 0 aliphatic heterocycles. The average Bonchev–Trinajstić information content (AvgIpc) is 2.64. The van der Waals surface area contributed by atoms with Crippen molar-refractivity contribution in [3.63, 3.8) is 0 Å². The maximum Gasteiger partial charge on any atom is 0.308 e. The minimum Gasteiger partial charge on any atom is -0.427 e. The number of ketones is 1. The summed E-state index contributed by atoms with van der Waals surface area (Å²) in [5.74, 6) is -2.02. The van der Waals surface area contributed by atoms with Crippen molar-refractivity contribution >= 4 is 17.7 Å². The number of ether oxygens (including phenoxy) is 1. The van der Waals surface area contributed by atoms with E-state index in [2.05, 4.69) is 5.32 Å². The standard InChI is InChI=1S/C20H21NO5/c1-14(23)26-17-9-5-8-16(13-17)19(24)18(20(25)21-10-11-22)12-15-6-3-2-4-7-15/h2-9,13,18,22H,10-12H2,1H3,(H,21,25). The van der Waals surface area contributed by atoms with Gasteiger partial charge in [0.1, 0.15) is 11.7 Å². The van der Waals surface area contributed by atoms with E-state index in [0.717, 1.165) is 5.56 Å². The van der Waals surface area contributed by atoms with Crippen LogP contribution in [-0.2, 0) is 16.0 Å². The largest absolute Gasteiger partial charge is 0.427 e. The first-order valence-electron chi connectivity index (χ1n) is 8.26. The molecule has 0 bridgehead atoms. The first-order valence-corrected chi connectivity index (χ1v) is 8.26. The van der Waals surface area contributed by atoms with E-state index in [-0.39, 0.29) is 36.7 Å². The molecule has 0 fully saturated rings. The van der Waals surface area contributed by atoms with E-state index in [1.54, 1.807) is 18.2 Å². The molecule has 2 N–H and O–H groups in total. The summed E-state index contributed by atoms with van der Waals surface area (Å²) in [6.07, 6.45) is 0.231. The molecule has 0 spiro atoms. The van der Waals surface area contributed by atoms with Gasteiger partial charge in [0.05, 0.1) is 6.61 Å². The molecule has 0 saturated heterocycles. The van der Waals surface area contributed by atoms with Crippen LogP contribution in [0.5, 0.6) is 5.75 Å². The molecule has 6 heteroatoms. The third-order valence-electron chi connectivity index (χ3n) is 3.71. The molecule has 1 amide bonds. The topological polar surface area (TPSA) is 92.7 Å². The number of Topliss-reactive ketones (excluding diaryl/α,β-unsaturated/α-hetero) is 1. The van der Waals surface area contributed by atoms with Crippen molar-refractivity contribution < 1.29 is 24.2 Å². The van der Waals surface area contributed by atoms with Crippen LogP contribution in [0.3, 0.4) is 0 Å². The van der Waals surface area contributed by atoms with Gasteiger partial charge in [0, 0.05) is 19.0 Å². The molecule has 2 aromatic carbocycles. The molecular weight excluding hydrogens is 334 g/mol. The molecule has 1 atom stereocenters. The van der Waals surface area contributed by atoms with Crippen LogP contribution in [0.4, 0.5) is 0 Å². The Kier molecular flexibility index (Phi) is 7.05. The zero-order chi connectivity index (χ0) is 18.9. The SMILES string of the molecule is CC(=O)Oc1cccc(C(=O)C(Cc2ccccc2)C(=O)NCCO)c1. The molecule has 0 heterocycles. The lowest BCUT2D eigenvalue weighted by Crippen LogP contribution is -2.38. The van der Waals surface area contributed by atoms with Gasteiger partial charge in [0.15, 0.2) is 5.78 Å². The number of rotatable bonds is 8. The number of hydrogen-bond donors (Lipinski definition) is 2. The van der Waals surface area contributed by atoms with E-state index in [1.807, 2.05) is 30.3 Å². The summed E-state index contributed by atoms with van der Waals surface area (Å²) in [6.45, 7) is 1.14. The second-order valence-electron chi connectivity index (χ2n) is 5.74. The van der Waals surface area contributed by atoms with Crippen molar-refractivity contribution in [3.8, 4) is 5.75 Å². The molecular formula is C20H21NO5. The molecule has 26 heavy (non-hydrogen) atoms. The fourth-order valence-corrected chi connectivity index (χ4v) is 2.54. The van der Waals surface area contributed by atoms with Crippen molar-refractivity contribution in [1.82, 2.24) is 5.32 Å². The Morgan fingerprint density at radius 3 is 2.46 bits per heavy atom. The van der Waals surface area contributed by atoms with Crippen molar-refractivity contribution in [2.24, 2.45) is 5.92 Å². The quantitative estimate of drug-likeness (QED) is 0.326. The molecule has 136 valence electrons. The van der Waals surface area contributed by atoms with Crippen molar-refractivity contribution in [1.29, 1.82) is 0 Å². The van der Waals surface area contributed by atoms with Crippen LogP contribution in [-0.4, -0.2) is 35.9 Å². The molecule has 2 rings (SSSR count). The van der Waals surface area contributed by atoms with Crippen LogP contribution in [0.1, 0.15) is 22.8 Å². The van der Waals surface area contributed by atoms with Crippen LogP contribution < -0.4 is 10.1 Å². The highest BCUT2D eigenvalue weighted by Crippen LogP contribution is 2.20. The summed E-state index contributed by atoms with van der Waals surface area (Å²) in [5, 5.41) is 11.5. The van der Waals surface area contributed by atoms with Gasteiger partial charge in [-0.3, -0.25) is 14.4 Å². The molecule has 0 aliphatic carbocycles. The molecule has 0 aromatic heterocycles. The number of nitrogens with one attached hydrogen (secondary N) is 1. The lowest BCUT2D eigenvalue weighted by molar-refractivity contribution is -0.132. The van der Waals surface area contributed by atoms with E-state index >= 15 is 0 Å². The minimum atomic E-state index is -0.948. The minimum absolute atomic E-state index is 0.0743. The highest BCUT2D eigenvalue weighted by Gasteiger charge is 2.28. The summed E-state index contributed by atoms with van der Waals surface area (Å²) >= 11 is 0.